The van der Waals surface area contributed by atoms with Crippen molar-refractivity contribution in [3.05, 3.63) is 22.4 Å². The molecule has 1 radical (unpaired) electrons. The minimum atomic E-state index is -0.464. The standard InChI is InChI=1S/C5H7N2O2S/c8-7(9)3-1-5-6-2-4-10-5/h1,3,5H,2,4H2/b3-1+. The van der Waals surface area contributed by atoms with E-state index in [1.807, 2.05) is 0 Å². The summed E-state index contributed by atoms with van der Waals surface area (Å²) in [6.07, 6.45) is 2.46. The van der Waals surface area contributed by atoms with Crippen molar-refractivity contribution in [1.82, 2.24) is 5.32 Å². The number of thioether (sulfide) groups is 1. The van der Waals surface area contributed by atoms with Crippen LogP contribution < -0.4 is 5.32 Å². The molecule has 0 aromatic rings. The van der Waals surface area contributed by atoms with Gasteiger partial charge < -0.3 is 0 Å². The summed E-state index contributed by atoms with van der Waals surface area (Å²) in [5.41, 5.74) is 0. The molecule has 55 valence electrons. The van der Waals surface area contributed by atoms with E-state index < -0.39 is 4.92 Å². The quantitative estimate of drug-likeness (QED) is 0.434. The lowest BCUT2D eigenvalue weighted by molar-refractivity contribution is -0.402. The Bertz CT molecular complexity index is 154. The summed E-state index contributed by atoms with van der Waals surface area (Å²) < 4.78 is 0. The summed E-state index contributed by atoms with van der Waals surface area (Å²) >= 11 is 1.63. The Balaban J connectivity index is 2.29. The second-order valence-electron chi connectivity index (χ2n) is 1.79. The lowest BCUT2D eigenvalue weighted by Gasteiger charge is -1.94. The van der Waals surface area contributed by atoms with Gasteiger partial charge in [-0.05, 0) is 0 Å². The van der Waals surface area contributed by atoms with Crippen LogP contribution in [-0.4, -0.2) is 22.6 Å². The van der Waals surface area contributed by atoms with Gasteiger partial charge in [0.25, 0.3) is 0 Å². The van der Waals surface area contributed by atoms with Gasteiger partial charge >= 0.3 is 0 Å². The Morgan fingerprint density at radius 3 is 3.10 bits per heavy atom. The van der Waals surface area contributed by atoms with E-state index in [0.717, 1.165) is 18.5 Å². The molecule has 0 N–H and O–H groups in total. The van der Waals surface area contributed by atoms with E-state index in [9.17, 15) is 10.1 Å². The zero-order chi connectivity index (χ0) is 7.40. The van der Waals surface area contributed by atoms with E-state index in [2.05, 4.69) is 5.32 Å². The molecule has 1 aliphatic heterocycles. The molecular formula is C5H7N2O2S. The fraction of sp³-hybridized carbons (Fsp3) is 0.600. The predicted octanol–water partition coefficient (Wildman–Crippen LogP) is 0.454. The van der Waals surface area contributed by atoms with Crippen molar-refractivity contribution in [2.45, 2.75) is 5.37 Å². The number of nitrogens with zero attached hydrogens (tertiary/aromatic N) is 2. The minimum Gasteiger partial charge on any atom is -0.259 e. The molecule has 10 heavy (non-hydrogen) atoms. The molecule has 0 spiro atoms. The van der Waals surface area contributed by atoms with Crippen LogP contribution in [-0.2, 0) is 0 Å². The average Bonchev–Trinajstić information content (AvgIpc) is 2.34. The Hall–Kier alpha value is -0.550. The third-order valence-corrected chi connectivity index (χ3v) is 2.13. The fourth-order valence-corrected chi connectivity index (χ4v) is 1.51. The van der Waals surface area contributed by atoms with Crippen LogP contribution in [0, 0.1) is 10.1 Å². The first kappa shape index (κ1) is 7.56. The summed E-state index contributed by atoms with van der Waals surface area (Å²) in [5.74, 6) is 0.979. The highest BCUT2D eigenvalue weighted by atomic mass is 32.2. The van der Waals surface area contributed by atoms with E-state index in [4.69, 9.17) is 0 Å². The molecule has 0 aromatic heterocycles. The van der Waals surface area contributed by atoms with Gasteiger partial charge in [0.05, 0.1) is 10.3 Å². The first-order chi connectivity index (χ1) is 4.79. The maximum absolute atomic E-state index is 9.82. The Morgan fingerprint density at radius 1 is 1.80 bits per heavy atom. The predicted molar refractivity (Wildman–Crippen MR) is 39.4 cm³/mol. The summed E-state index contributed by atoms with van der Waals surface area (Å²) in [7, 11) is 0. The largest absolute Gasteiger partial charge is 0.259 e. The molecule has 0 amide bonds. The molecule has 1 aliphatic rings. The van der Waals surface area contributed by atoms with Gasteiger partial charge in [0, 0.05) is 18.4 Å². The second kappa shape index (κ2) is 3.58. The number of hydrogen-bond acceptors (Lipinski definition) is 3. The number of rotatable bonds is 2. The molecular weight excluding hydrogens is 152 g/mol. The lowest BCUT2D eigenvalue weighted by atomic mass is 10.6. The van der Waals surface area contributed by atoms with Crippen LogP contribution in [0.5, 0.6) is 0 Å². The van der Waals surface area contributed by atoms with Crippen molar-refractivity contribution in [1.29, 1.82) is 0 Å². The Labute approximate surface area is 62.8 Å². The molecule has 1 fully saturated rings. The van der Waals surface area contributed by atoms with Gasteiger partial charge in [-0.25, -0.2) is 5.32 Å². The third kappa shape index (κ3) is 2.36. The molecule has 0 saturated carbocycles. The van der Waals surface area contributed by atoms with Crippen LogP contribution in [0.1, 0.15) is 0 Å². The maximum atomic E-state index is 9.82. The molecule has 0 bridgehead atoms. The number of nitro groups is 1. The SMILES string of the molecule is O=[N+]([O-])/C=C/C1[N]CCS1. The van der Waals surface area contributed by atoms with Crippen LogP contribution in [0.15, 0.2) is 12.3 Å². The first-order valence-electron chi connectivity index (χ1n) is 2.89. The van der Waals surface area contributed by atoms with Gasteiger partial charge in [-0.15, -0.1) is 11.8 Å². The van der Waals surface area contributed by atoms with E-state index in [0.29, 0.717) is 0 Å². The van der Waals surface area contributed by atoms with Crippen LogP contribution >= 0.6 is 11.8 Å². The zero-order valence-electron chi connectivity index (χ0n) is 5.27. The van der Waals surface area contributed by atoms with Gasteiger partial charge in [-0.3, -0.25) is 10.1 Å². The smallest absolute Gasteiger partial charge is 0.232 e. The van der Waals surface area contributed by atoms with Gasteiger partial charge in [-0.2, -0.15) is 0 Å². The third-order valence-electron chi connectivity index (χ3n) is 1.06. The normalized spacial score (nSPS) is 25.8. The molecule has 5 heteroatoms. The topological polar surface area (TPSA) is 57.2 Å². The van der Waals surface area contributed by atoms with Crippen LogP contribution in [0.4, 0.5) is 0 Å². The van der Waals surface area contributed by atoms with Gasteiger partial charge in [-0.1, -0.05) is 0 Å². The van der Waals surface area contributed by atoms with Crippen LogP contribution in [0.25, 0.3) is 0 Å². The molecule has 1 atom stereocenters. The molecule has 4 nitrogen and oxygen atoms in total. The summed E-state index contributed by atoms with van der Waals surface area (Å²) in [4.78, 5) is 9.36. The molecule has 0 aromatic carbocycles. The highest BCUT2D eigenvalue weighted by molar-refractivity contribution is 8.00. The van der Waals surface area contributed by atoms with E-state index in [1.54, 1.807) is 11.8 Å². The van der Waals surface area contributed by atoms with Gasteiger partial charge in [0.1, 0.15) is 0 Å². The van der Waals surface area contributed by atoms with E-state index >= 15 is 0 Å². The summed E-state index contributed by atoms with van der Waals surface area (Å²) in [5, 5.41) is 13.9. The van der Waals surface area contributed by atoms with Crippen LogP contribution in [0.3, 0.4) is 0 Å². The highest BCUT2D eigenvalue weighted by Crippen LogP contribution is 2.15. The van der Waals surface area contributed by atoms with E-state index in [-0.39, 0.29) is 5.37 Å². The van der Waals surface area contributed by atoms with Crippen molar-refractivity contribution in [3.8, 4) is 0 Å². The van der Waals surface area contributed by atoms with Crippen molar-refractivity contribution < 1.29 is 4.92 Å². The van der Waals surface area contributed by atoms with Crippen LogP contribution in [0.2, 0.25) is 0 Å². The van der Waals surface area contributed by atoms with Crippen molar-refractivity contribution in [2.75, 3.05) is 12.3 Å². The fourth-order valence-electron chi connectivity index (χ4n) is 0.666. The molecule has 1 saturated heterocycles. The van der Waals surface area contributed by atoms with Gasteiger partial charge in [0.2, 0.25) is 6.20 Å². The van der Waals surface area contributed by atoms with E-state index in [1.165, 1.54) is 6.08 Å². The van der Waals surface area contributed by atoms with Crippen molar-refractivity contribution >= 4 is 11.8 Å². The molecule has 1 rings (SSSR count). The van der Waals surface area contributed by atoms with Crippen molar-refractivity contribution in [2.24, 2.45) is 0 Å². The lowest BCUT2D eigenvalue weighted by Crippen LogP contribution is -2.08. The second-order valence-corrected chi connectivity index (χ2v) is 3.02. The molecule has 1 unspecified atom stereocenters. The number of hydrogen-bond donors (Lipinski definition) is 0. The average molecular weight is 159 g/mol. The maximum Gasteiger partial charge on any atom is 0.232 e. The molecule has 1 heterocycles. The summed E-state index contributed by atoms with van der Waals surface area (Å²) in [6, 6.07) is 0. The highest BCUT2D eigenvalue weighted by Gasteiger charge is 2.13. The van der Waals surface area contributed by atoms with Crippen molar-refractivity contribution in [3.63, 3.8) is 0 Å². The zero-order valence-corrected chi connectivity index (χ0v) is 6.08. The van der Waals surface area contributed by atoms with Gasteiger partial charge in [0.15, 0.2) is 0 Å². The monoisotopic (exact) mass is 159 g/mol. The Kier molecular flexibility index (Phi) is 2.70. The summed E-state index contributed by atoms with van der Waals surface area (Å²) in [6.45, 7) is 0.817. The molecule has 0 aliphatic carbocycles. The Morgan fingerprint density at radius 2 is 2.60 bits per heavy atom. The minimum absolute atomic E-state index is 0.0189. The first-order valence-corrected chi connectivity index (χ1v) is 3.94.